The molecule has 0 unspecified atom stereocenters. The highest BCUT2D eigenvalue weighted by Crippen LogP contribution is 2.22. The molecule has 2 aromatic rings. The molecular formula is C25H33N3O4S. The van der Waals surface area contributed by atoms with E-state index in [0.717, 1.165) is 45.3 Å². The van der Waals surface area contributed by atoms with Crippen LogP contribution in [0, 0.1) is 0 Å². The van der Waals surface area contributed by atoms with E-state index in [1.54, 1.807) is 28.6 Å². The van der Waals surface area contributed by atoms with E-state index in [-0.39, 0.29) is 17.4 Å². The molecule has 2 saturated heterocycles. The molecule has 1 amide bonds. The van der Waals surface area contributed by atoms with Gasteiger partial charge >= 0.3 is 0 Å². The highest BCUT2D eigenvalue weighted by molar-refractivity contribution is 7.89. The van der Waals surface area contributed by atoms with E-state index in [4.69, 9.17) is 4.74 Å². The fourth-order valence-corrected chi connectivity index (χ4v) is 5.89. The molecule has 0 aromatic heterocycles. The van der Waals surface area contributed by atoms with Gasteiger partial charge in [-0.2, -0.15) is 4.31 Å². The molecular weight excluding hydrogens is 438 g/mol. The Bertz CT molecular complexity index is 996. The molecule has 0 radical (unpaired) electrons. The summed E-state index contributed by atoms with van der Waals surface area (Å²) in [6, 6.07) is 16.8. The smallest absolute Gasteiger partial charge is 0.260 e. The van der Waals surface area contributed by atoms with Gasteiger partial charge in [-0.25, -0.2) is 8.42 Å². The number of rotatable bonds is 7. The Balaban J connectivity index is 1.24. The van der Waals surface area contributed by atoms with Gasteiger partial charge in [0.1, 0.15) is 5.75 Å². The quantitative estimate of drug-likeness (QED) is 0.621. The fraction of sp³-hybridized carbons (Fsp3) is 0.480. The minimum absolute atomic E-state index is 0.0447. The third-order valence-corrected chi connectivity index (χ3v) is 8.28. The second-order valence-electron chi connectivity index (χ2n) is 8.72. The summed E-state index contributed by atoms with van der Waals surface area (Å²) in [5.74, 6) is 0.455. The average Bonchev–Trinajstić information content (AvgIpc) is 3.14. The number of benzene rings is 2. The topological polar surface area (TPSA) is 70.2 Å². The van der Waals surface area contributed by atoms with E-state index in [2.05, 4.69) is 17.0 Å². The van der Waals surface area contributed by atoms with Crippen molar-refractivity contribution < 1.29 is 17.9 Å². The second-order valence-corrected chi connectivity index (χ2v) is 10.7. The van der Waals surface area contributed by atoms with E-state index >= 15 is 0 Å². The summed E-state index contributed by atoms with van der Waals surface area (Å²) < 4.78 is 33.0. The van der Waals surface area contributed by atoms with Gasteiger partial charge in [-0.3, -0.25) is 9.69 Å². The van der Waals surface area contributed by atoms with E-state index in [9.17, 15) is 13.2 Å². The lowest BCUT2D eigenvalue weighted by Crippen LogP contribution is -2.49. The Morgan fingerprint density at radius 1 is 0.788 bits per heavy atom. The second kappa shape index (κ2) is 11.1. The summed E-state index contributed by atoms with van der Waals surface area (Å²) in [7, 11) is -3.48. The van der Waals surface area contributed by atoms with Crippen LogP contribution in [0.5, 0.6) is 5.75 Å². The Morgan fingerprint density at radius 2 is 1.42 bits per heavy atom. The van der Waals surface area contributed by atoms with Crippen molar-refractivity contribution >= 4 is 15.9 Å². The van der Waals surface area contributed by atoms with Gasteiger partial charge in [-0.1, -0.05) is 43.2 Å². The monoisotopic (exact) mass is 471 g/mol. The van der Waals surface area contributed by atoms with Crippen LogP contribution in [0.4, 0.5) is 0 Å². The Kier molecular flexibility index (Phi) is 8.01. The van der Waals surface area contributed by atoms with E-state index in [1.807, 2.05) is 23.1 Å². The van der Waals surface area contributed by atoms with Gasteiger partial charge < -0.3 is 9.64 Å². The van der Waals surface area contributed by atoms with Crippen molar-refractivity contribution in [2.24, 2.45) is 0 Å². The number of amides is 1. The van der Waals surface area contributed by atoms with Crippen LogP contribution in [0.2, 0.25) is 0 Å². The van der Waals surface area contributed by atoms with Crippen molar-refractivity contribution in [2.45, 2.75) is 37.1 Å². The van der Waals surface area contributed by atoms with E-state index in [1.165, 1.54) is 5.56 Å². The fourth-order valence-electron chi connectivity index (χ4n) is 4.37. The summed E-state index contributed by atoms with van der Waals surface area (Å²) in [5.41, 5.74) is 1.28. The van der Waals surface area contributed by atoms with Gasteiger partial charge in [0.25, 0.3) is 5.91 Å². The molecule has 0 aliphatic carbocycles. The van der Waals surface area contributed by atoms with Gasteiger partial charge in [0.15, 0.2) is 6.61 Å². The maximum absolute atomic E-state index is 12.9. The molecule has 0 spiro atoms. The molecule has 4 rings (SSSR count). The molecule has 2 aliphatic rings. The Labute approximate surface area is 197 Å². The predicted octanol–water partition coefficient (Wildman–Crippen LogP) is 2.97. The summed E-state index contributed by atoms with van der Waals surface area (Å²) >= 11 is 0. The first kappa shape index (κ1) is 23.7. The first-order valence-corrected chi connectivity index (χ1v) is 13.2. The summed E-state index contributed by atoms with van der Waals surface area (Å²) in [4.78, 5) is 17.0. The maximum Gasteiger partial charge on any atom is 0.260 e. The lowest BCUT2D eigenvalue weighted by Gasteiger charge is -2.34. The highest BCUT2D eigenvalue weighted by atomic mass is 32.2. The zero-order valence-electron chi connectivity index (χ0n) is 19.1. The van der Waals surface area contributed by atoms with Gasteiger partial charge in [0, 0.05) is 45.8 Å². The summed E-state index contributed by atoms with van der Waals surface area (Å²) in [6.45, 7) is 5.04. The van der Waals surface area contributed by atoms with Gasteiger partial charge in [-0.15, -0.1) is 0 Å². The molecule has 0 bridgehead atoms. The number of carbonyl (C=O) groups excluding carboxylic acids is 1. The van der Waals surface area contributed by atoms with Crippen molar-refractivity contribution in [1.29, 1.82) is 0 Å². The number of nitrogens with zero attached hydrogens (tertiary/aromatic N) is 3. The third kappa shape index (κ3) is 6.34. The average molecular weight is 472 g/mol. The maximum atomic E-state index is 12.9. The van der Waals surface area contributed by atoms with Crippen molar-refractivity contribution in [1.82, 2.24) is 14.1 Å². The molecule has 0 saturated carbocycles. The van der Waals surface area contributed by atoms with Crippen LogP contribution < -0.4 is 4.74 Å². The molecule has 33 heavy (non-hydrogen) atoms. The molecule has 8 heteroatoms. The molecule has 2 aliphatic heterocycles. The lowest BCUT2D eigenvalue weighted by molar-refractivity contribution is -0.135. The van der Waals surface area contributed by atoms with Crippen LogP contribution in [0.1, 0.15) is 31.2 Å². The summed E-state index contributed by atoms with van der Waals surface area (Å²) in [6.07, 6.45) is 3.97. The normalized spacial score (nSPS) is 18.6. The van der Waals surface area contributed by atoms with Crippen LogP contribution in [-0.4, -0.2) is 74.3 Å². The number of ether oxygens (including phenoxy) is 1. The number of hydrogen-bond acceptors (Lipinski definition) is 5. The van der Waals surface area contributed by atoms with E-state index in [0.29, 0.717) is 31.9 Å². The predicted molar refractivity (Wildman–Crippen MR) is 127 cm³/mol. The molecule has 2 aromatic carbocycles. The van der Waals surface area contributed by atoms with Crippen LogP contribution in [0.25, 0.3) is 0 Å². The van der Waals surface area contributed by atoms with Gasteiger partial charge in [0.05, 0.1) is 4.90 Å². The number of piperazine rings is 1. The molecule has 178 valence electrons. The summed E-state index contributed by atoms with van der Waals surface area (Å²) in [5, 5.41) is 0. The minimum atomic E-state index is -3.48. The molecule has 2 heterocycles. The molecule has 0 atom stereocenters. The first-order chi connectivity index (χ1) is 16.0. The highest BCUT2D eigenvalue weighted by Gasteiger charge is 2.25. The van der Waals surface area contributed by atoms with Gasteiger partial charge in [0.2, 0.25) is 10.0 Å². The molecule has 7 nitrogen and oxygen atoms in total. The Hall–Kier alpha value is -2.42. The number of sulfonamides is 1. The zero-order valence-corrected chi connectivity index (χ0v) is 19.9. The van der Waals surface area contributed by atoms with Crippen LogP contribution >= 0.6 is 0 Å². The standard InChI is InChI=1S/C25H33N3O4S/c29-25(27-18-16-26(17-19-27)20-22-8-4-3-5-9-22)21-32-23-10-12-24(13-11-23)33(30,31)28-14-6-1-2-7-15-28/h3-5,8-13H,1-2,6-7,14-21H2. The number of carbonyl (C=O) groups is 1. The SMILES string of the molecule is O=C(COc1ccc(S(=O)(=O)N2CCCCCC2)cc1)N1CCN(Cc2ccccc2)CC1. The lowest BCUT2D eigenvalue weighted by atomic mass is 10.2. The van der Waals surface area contributed by atoms with Crippen LogP contribution in [0.15, 0.2) is 59.5 Å². The van der Waals surface area contributed by atoms with Crippen molar-refractivity contribution in [3.8, 4) is 5.75 Å². The van der Waals surface area contributed by atoms with Crippen molar-refractivity contribution in [3.05, 3.63) is 60.2 Å². The Morgan fingerprint density at radius 3 is 2.06 bits per heavy atom. The first-order valence-electron chi connectivity index (χ1n) is 11.8. The molecule has 0 N–H and O–H groups in total. The van der Waals surface area contributed by atoms with Crippen molar-refractivity contribution in [3.63, 3.8) is 0 Å². The largest absolute Gasteiger partial charge is 0.484 e. The van der Waals surface area contributed by atoms with E-state index < -0.39 is 10.0 Å². The van der Waals surface area contributed by atoms with Crippen LogP contribution in [-0.2, 0) is 21.4 Å². The molecule has 2 fully saturated rings. The minimum Gasteiger partial charge on any atom is -0.484 e. The van der Waals surface area contributed by atoms with Crippen molar-refractivity contribution in [2.75, 3.05) is 45.9 Å². The van der Waals surface area contributed by atoms with Crippen LogP contribution in [0.3, 0.4) is 0 Å². The number of hydrogen-bond donors (Lipinski definition) is 0. The van der Waals surface area contributed by atoms with Gasteiger partial charge in [-0.05, 0) is 42.7 Å². The third-order valence-electron chi connectivity index (χ3n) is 6.36. The zero-order chi connectivity index (χ0) is 23.1.